The summed E-state index contributed by atoms with van der Waals surface area (Å²) in [7, 11) is 0. The molecule has 1 heterocycles. The van der Waals surface area contributed by atoms with Crippen LogP contribution in [0.25, 0.3) is 6.08 Å². The van der Waals surface area contributed by atoms with Crippen molar-refractivity contribution < 1.29 is 18.7 Å². The van der Waals surface area contributed by atoms with Crippen LogP contribution in [-0.4, -0.2) is 34.2 Å². The number of carbonyl (C=O) groups is 2. The van der Waals surface area contributed by atoms with E-state index in [0.29, 0.717) is 32.2 Å². The second-order valence-electron chi connectivity index (χ2n) is 5.96. The largest absolute Gasteiger partial charge is 0.482 e. The first-order chi connectivity index (χ1) is 13.9. The number of nitrogens with zero attached hydrogens (tertiary/aromatic N) is 1. The first-order valence-corrected chi connectivity index (χ1v) is 10.2. The number of likely N-dealkylation sites (N-methyl/N-ethyl adjacent to an activating group) is 1. The van der Waals surface area contributed by atoms with Gasteiger partial charge in [-0.25, -0.2) is 4.39 Å². The second kappa shape index (κ2) is 9.39. The van der Waals surface area contributed by atoms with E-state index < -0.39 is 5.91 Å². The summed E-state index contributed by atoms with van der Waals surface area (Å²) in [6.45, 7) is 2.13. The molecular formula is C20H16ClFN2O3S2. The SMILES string of the molecule is CCN1C(=O)C(=Cc2ccc(OCC(=O)Nc3ccc(F)cc3)c(Cl)c2)SC1=S. The molecule has 3 rings (SSSR count). The average molecular weight is 451 g/mol. The first-order valence-electron chi connectivity index (χ1n) is 8.60. The Morgan fingerprint density at radius 3 is 2.66 bits per heavy atom. The lowest BCUT2D eigenvalue weighted by molar-refractivity contribution is -0.122. The van der Waals surface area contributed by atoms with Crippen LogP contribution in [0.5, 0.6) is 5.75 Å². The molecule has 0 saturated carbocycles. The van der Waals surface area contributed by atoms with E-state index >= 15 is 0 Å². The van der Waals surface area contributed by atoms with Crippen molar-refractivity contribution in [3.05, 3.63) is 63.8 Å². The molecule has 1 fully saturated rings. The Morgan fingerprint density at radius 1 is 1.31 bits per heavy atom. The lowest BCUT2D eigenvalue weighted by atomic mass is 10.2. The summed E-state index contributed by atoms with van der Waals surface area (Å²) in [6, 6.07) is 10.4. The van der Waals surface area contributed by atoms with Gasteiger partial charge in [0.25, 0.3) is 11.8 Å². The van der Waals surface area contributed by atoms with E-state index in [1.807, 2.05) is 6.92 Å². The molecule has 0 atom stereocenters. The van der Waals surface area contributed by atoms with Gasteiger partial charge in [0.15, 0.2) is 6.61 Å². The number of anilines is 1. The molecular weight excluding hydrogens is 435 g/mol. The molecule has 0 aliphatic carbocycles. The Balaban J connectivity index is 1.62. The molecule has 1 N–H and O–H groups in total. The molecule has 1 aliphatic rings. The molecule has 0 unspecified atom stereocenters. The van der Waals surface area contributed by atoms with Gasteiger partial charge in [0.2, 0.25) is 0 Å². The summed E-state index contributed by atoms with van der Waals surface area (Å²) in [4.78, 5) is 26.3. The third-order valence-corrected chi connectivity index (χ3v) is 5.60. The maximum Gasteiger partial charge on any atom is 0.266 e. The molecule has 2 amide bonds. The molecule has 0 spiro atoms. The zero-order valence-electron chi connectivity index (χ0n) is 15.3. The summed E-state index contributed by atoms with van der Waals surface area (Å²) in [5, 5.41) is 2.90. The van der Waals surface area contributed by atoms with E-state index in [-0.39, 0.29) is 18.3 Å². The van der Waals surface area contributed by atoms with Gasteiger partial charge in [0.05, 0.1) is 9.93 Å². The topological polar surface area (TPSA) is 58.6 Å². The molecule has 2 aromatic carbocycles. The molecule has 0 aromatic heterocycles. The summed E-state index contributed by atoms with van der Waals surface area (Å²) in [6.07, 6.45) is 1.71. The number of nitrogens with one attached hydrogen (secondary N) is 1. The second-order valence-corrected chi connectivity index (χ2v) is 8.04. The monoisotopic (exact) mass is 450 g/mol. The van der Waals surface area contributed by atoms with Crippen LogP contribution in [0.1, 0.15) is 12.5 Å². The fraction of sp³-hybridized carbons (Fsp3) is 0.150. The number of halogens is 2. The van der Waals surface area contributed by atoms with Crippen LogP contribution in [0.4, 0.5) is 10.1 Å². The molecule has 150 valence electrons. The van der Waals surface area contributed by atoms with Gasteiger partial charge in [-0.2, -0.15) is 0 Å². The Kier molecular flexibility index (Phi) is 6.89. The van der Waals surface area contributed by atoms with Crippen LogP contribution >= 0.6 is 35.6 Å². The Hall–Kier alpha value is -2.42. The van der Waals surface area contributed by atoms with Gasteiger partial charge in [-0.05, 0) is 55.0 Å². The van der Waals surface area contributed by atoms with Gasteiger partial charge in [-0.1, -0.05) is 41.6 Å². The highest BCUT2D eigenvalue weighted by Crippen LogP contribution is 2.33. The van der Waals surface area contributed by atoms with Crippen molar-refractivity contribution in [2.45, 2.75) is 6.92 Å². The fourth-order valence-corrected chi connectivity index (χ4v) is 4.15. The van der Waals surface area contributed by atoms with Crippen LogP contribution < -0.4 is 10.1 Å². The molecule has 0 bridgehead atoms. The van der Waals surface area contributed by atoms with Crippen molar-refractivity contribution in [3.8, 4) is 5.75 Å². The van der Waals surface area contributed by atoms with Gasteiger partial charge in [-0.15, -0.1) is 0 Å². The summed E-state index contributed by atoms with van der Waals surface area (Å²) in [5.74, 6) is -0.585. The Bertz CT molecular complexity index is 996. The minimum absolute atomic E-state index is 0.128. The summed E-state index contributed by atoms with van der Waals surface area (Å²) < 4.78 is 18.9. The predicted octanol–water partition coefficient (Wildman–Crippen LogP) is 4.72. The third-order valence-electron chi connectivity index (χ3n) is 3.93. The van der Waals surface area contributed by atoms with Gasteiger partial charge < -0.3 is 10.1 Å². The number of thiocarbonyl (C=S) groups is 1. The number of hydrogen-bond donors (Lipinski definition) is 1. The lowest BCUT2D eigenvalue weighted by Crippen LogP contribution is -2.27. The summed E-state index contributed by atoms with van der Waals surface area (Å²) in [5.41, 5.74) is 1.18. The van der Waals surface area contributed by atoms with Crippen molar-refractivity contribution in [2.75, 3.05) is 18.5 Å². The van der Waals surface area contributed by atoms with Crippen LogP contribution in [0, 0.1) is 5.82 Å². The quantitative estimate of drug-likeness (QED) is 0.510. The highest BCUT2D eigenvalue weighted by atomic mass is 35.5. The van der Waals surface area contributed by atoms with E-state index in [9.17, 15) is 14.0 Å². The molecule has 9 heteroatoms. The van der Waals surface area contributed by atoms with E-state index in [1.165, 1.54) is 40.9 Å². The lowest BCUT2D eigenvalue weighted by Gasteiger charge is -2.10. The van der Waals surface area contributed by atoms with Crippen molar-refractivity contribution >= 4 is 63.5 Å². The van der Waals surface area contributed by atoms with Crippen LogP contribution in [-0.2, 0) is 9.59 Å². The predicted molar refractivity (Wildman–Crippen MR) is 118 cm³/mol. The van der Waals surface area contributed by atoms with E-state index in [1.54, 1.807) is 24.3 Å². The van der Waals surface area contributed by atoms with E-state index in [0.717, 1.165) is 5.56 Å². The number of rotatable bonds is 6. The summed E-state index contributed by atoms with van der Waals surface area (Å²) >= 11 is 12.7. The van der Waals surface area contributed by atoms with E-state index in [4.69, 9.17) is 28.6 Å². The fourth-order valence-electron chi connectivity index (χ4n) is 2.52. The maximum absolute atomic E-state index is 12.9. The molecule has 2 aromatic rings. The average Bonchev–Trinajstić information content (AvgIpc) is 2.95. The van der Waals surface area contributed by atoms with Crippen LogP contribution in [0.3, 0.4) is 0 Å². The minimum Gasteiger partial charge on any atom is -0.482 e. The van der Waals surface area contributed by atoms with E-state index in [2.05, 4.69) is 5.32 Å². The smallest absolute Gasteiger partial charge is 0.266 e. The van der Waals surface area contributed by atoms with Gasteiger partial charge in [0.1, 0.15) is 15.9 Å². The zero-order chi connectivity index (χ0) is 21.0. The molecule has 1 aliphatic heterocycles. The number of thioether (sulfide) groups is 1. The Morgan fingerprint density at radius 2 is 2.03 bits per heavy atom. The number of hydrogen-bond acceptors (Lipinski definition) is 5. The highest BCUT2D eigenvalue weighted by molar-refractivity contribution is 8.26. The minimum atomic E-state index is -0.403. The first kappa shape index (κ1) is 21.3. The normalized spacial score (nSPS) is 15.1. The van der Waals surface area contributed by atoms with Crippen LogP contribution in [0.15, 0.2) is 47.4 Å². The van der Waals surface area contributed by atoms with Crippen molar-refractivity contribution in [3.63, 3.8) is 0 Å². The van der Waals surface area contributed by atoms with Crippen LogP contribution in [0.2, 0.25) is 5.02 Å². The molecule has 0 radical (unpaired) electrons. The Labute approximate surface area is 181 Å². The molecule has 1 saturated heterocycles. The standard InChI is InChI=1S/C20H16ClFN2O3S2/c1-2-24-19(26)17(29-20(24)28)10-12-3-8-16(15(21)9-12)27-11-18(25)23-14-6-4-13(22)5-7-14/h3-10H,2,11H2,1H3,(H,23,25). The highest BCUT2D eigenvalue weighted by Gasteiger charge is 2.30. The van der Waals surface area contributed by atoms with Crippen molar-refractivity contribution in [1.82, 2.24) is 4.90 Å². The number of amides is 2. The van der Waals surface area contributed by atoms with Gasteiger partial charge in [0, 0.05) is 12.2 Å². The van der Waals surface area contributed by atoms with Gasteiger partial charge in [-0.3, -0.25) is 14.5 Å². The number of carbonyl (C=O) groups excluding carboxylic acids is 2. The molecule has 29 heavy (non-hydrogen) atoms. The maximum atomic E-state index is 12.9. The molecule has 5 nitrogen and oxygen atoms in total. The zero-order valence-corrected chi connectivity index (χ0v) is 17.7. The third kappa shape index (κ3) is 5.35. The number of ether oxygens (including phenoxy) is 1. The number of benzene rings is 2. The van der Waals surface area contributed by atoms with Crippen molar-refractivity contribution in [2.24, 2.45) is 0 Å². The van der Waals surface area contributed by atoms with Gasteiger partial charge >= 0.3 is 0 Å². The van der Waals surface area contributed by atoms with Crippen molar-refractivity contribution in [1.29, 1.82) is 0 Å².